The number of nitrogens with zero attached hydrogens (tertiary/aromatic N) is 4. The third kappa shape index (κ3) is 6.10. The number of methoxy groups -OCH3 is 1. The van der Waals surface area contributed by atoms with Crippen LogP contribution in [0.4, 0.5) is 13.2 Å². The van der Waals surface area contributed by atoms with Gasteiger partial charge < -0.3 is 18.8 Å². The molecule has 232 valence electrons. The highest BCUT2D eigenvalue weighted by molar-refractivity contribution is 6.29. The van der Waals surface area contributed by atoms with Crippen molar-refractivity contribution in [1.82, 2.24) is 19.5 Å². The van der Waals surface area contributed by atoms with Crippen molar-refractivity contribution in [3.63, 3.8) is 0 Å². The molecule has 2 aromatic carbocycles. The zero-order valence-corrected chi connectivity index (χ0v) is 25.4. The topological polar surface area (TPSA) is 88.4 Å². The fourth-order valence-corrected chi connectivity index (χ4v) is 5.61. The number of benzene rings is 2. The molecule has 0 spiro atoms. The van der Waals surface area contributed by atoms with Crippen LogP contribution >= 0.6 is 11.6 Å². The standard InChI is InChI=1S/C33H28ClF3N4O4/c1-33(2)17-44-16-27(33)41-26-12-18(32(42)43-3)7-9-25(26)38-29(41)13-20-11-23(36)21(14-22(20)35)24-5-4-6-30(39-24)45-15-19-8-10-28(34)40-31(19)37/h4-12,14,27H,13,15-17H2,1-3H3/t27-/m1/s1. The normalized spacial score (nSPS) is 15.8. The summed E-state index contributed by atoms with van der Waals surface area (Å²) in [4.78, 5) is 24.9. The van der Waals surface area contributed by atoms with Crippen molar-refractivity contribution in [3.05, 3.63) is 106 Å². The fraction of sp³-hybridized carbons (Fsp3) is 0.273. The Morgan fingerprint density at radius 2 is 1.84 bits per heavy atom. The Balaban J connectivity index is 1.31. The molecule has 0 amide bonds. The van der Waals surface area contributed by atoms with E-state index in [4.69, 9.17) is 30.8 Å². The first-order chi connectivity index (χ1) is 21.5. The fourth-order valence-electron chi connectivity index (χ4n) is 5.48. The van der Waals surface area contributed by atoms with E-state index in [0.717, 1.165) is 12.1 Å². The van der Waals surface area contributed by atoms with Crippen LogP contribution in [0.25, 0.3) is 22.3 Å². The maximum Gasteiger partial charge on any atom is 0.337 e. The SMILES string of the molecule is COC(=O)c1ccc2nc(Cc3cc(F)c(-c4cccc(OCc5ccc(Cl)nc5F)n4)cc3F)n([C@@H]3COCC3(C)C)c2c1. The number of pyridine rings is 2. The molecule has 1 fully saturated rings. The summed E-state index contributed by atoms with van der Waals surface area (Å²) in [5.41, 5.74) is 1.66. The molecule has 4 heterocycles. The summed E-state index contributed by atoms with van der Waals surface area (Å²) in [6.45, 7) is 4.84. The van der Waals surface area contributed by atoms with Gasteiger partial charge in [0.15, 0.2) is 0 Å². The lowest BCUT2D eigenvalue weighted by Crippen LogP contribution is -2.27. The number of fused-ring (bicyclic) bond motifs is 1. The van der Waals surface area contributed by atoms with Crippen molar-refractivity contribution >= 4 is 28.6 Å². The maximum absolute atomic E-state index is 15.7. The molecular weight excluding hydrogens is 609 g/mol. The van der Waals surface area contributed by atoms with E-state index in [1.165, 1.54) is 31.4 Å². The van der Waals surface area contributed by atoms with Gasteiger partial charge in [-0.05, 0) is 54.1 Å². The Bertz CT molecular complexity index is 1930. The number of hydrogen-bond donors (Lipinski definition) is 0. The lowest BCUT2D eigenvalue weighted by atomic mass is 9.87. The van der Waals surface area contributed by atoms with Crippen molar-refractivity contribution in [2.75, 3.05) is 20.3 Å². The lowest BCUT2D eigenvalue weighted by Gasteiger charge is -2.28. The molecule has 0 N–H and O–H groups in total. The van der Waals surface area contributed by atoms with Crippen LogP contribution in [0.3, 0.4) is 0 Å². The van der Waals surface area contributed by atoms with Gasteiger partial charge in [0.25, 0.3) is 0 Å². The van der Waals surface area contributed by atoms with Gasteiger partial charge in [-0.15, -0.1) is 0 Å². The second-order valence-electron chi connectivity index (χ2n) is 11.4. The number of hydrogen-bond acceptors (Lipinski definition) is 7. The van der Waals surface area contributed by atoms with Gasteiger partial charge in [0, 0.05) is 29.0 Å². The van der Waals surface area contributed by atoms with E-state index < -0.39 is 23.6 Å². The summed E-state index contributed by atoms with van der Waals surface area (Å²) in [7, 11) is 1.31. The summed E-state index contributed by atoms with van der Waals surface area (Å²) in [5.74, 6) is -2.02. The number of ether oxygens (including phenoxy) is 3. The van der Waals surface area contributed by atoms with Crippen LogP contribution in [0.5, 0.6) is 5.88 Å². The molecule has 3 aromatic heterocycles. The average molecular weight is 637 g/mol. The first kappa shape index (κ1) is 30.5. The number of rotatable bonds is 8. The minimum absolute atomic E-state index is 0.0127. The summed E-state index contributed by atoms with van der Waals surface area (Å²) in [5, 5.41) is 0.0127. The largest absolute Gasteiger partial charge is 0.473 e. The van der Waals surface area contributed by atoms with Crippen molar-refractivity contribution in [2.24, 2.45) is 5.41 Å². The molecule has 0 bridgehead atoms. The second-order valence-corrected chi connectivity index (χ2v) is 11.8. The van der Waals surface area contributed by atoms with E-state index in [-0.39, 0.29) is 57.9 Å². The number of imidazole rings is 1. The number of carbonyl (C=O) groups is 1. The Morgan fingerprint density at radius 3 is 2.58 bits per heavy atom. The predicted octanol–water partition coefficient (Wildman–Crippen LogP) is 7.12. The third-order valence-electron chi connectivity index (χ3n) is 7.90. The highest BCUT2D eigenvalue weighted by Crippen LogP contribution is 2.40. The molecule has 0 radical (unpaired) electrons. The lowest BCUT2D eigenvalue weighted by molar-refractivity contribution is 0.0601. The van der Waals surface area contributed by atoms with Gasteiger partial charge in [0.1, 0.15) is 29.2 Å². The average Bonchev–Trinajstić information content (AvgIpc) is 3.55. The van der Waals surface area contributed by atoms with Gasteiger partial charge in [-0.1, -0.05) is 31.5 Å². The van der Waals surface area contributed by atoms with E-state index in [2.05, 4.69) is 23.8 Å². The summed E-state index contributed by atoms with van der Waals surface area (Å²) >= 11 is 5.70. The van der Waals surface area contributed by atoms with E-state index in [0.29, 0.717) is 35.6 Å². The van der Waals surface area contributed by atoms with Crippen LogP contribution < -0.4 is 4.74 Å². The van der Waals surface area contributed by atoms with Gasteiger partial charge in [-0.2, -0.15) is 4.39 Å². The monoisotopic (exact) mass is 636 g/mol. The highest BCUT2D eigenvalue weighted by atomic mass is 35.5. The van der Waals surface area contributed by atoms with Gasteiger partial charge in [-0.3, -0.25) is 0 Å². The Morgan fingerprint density at radius 1 is 1.02 bits per heavy atom. The Kier molecular flexibility index (Phi) is 8.23. The molecule has 1 saturated heterocycles. The van der Waals surface area contributed by atoms with E-state index in [9.17, 15) is 9.18 Å². The molecule has 8 nitrogen and oxygen atoms in total. The first-order valence-electron chi connectivity index (χ1n) is 14.1. The molecule has 1 aliphatic heterocycles. The van der Waals surface area contributed by atoms with Gasteiger partial charge in [-0.25, -0.2) is 28.5 Å². The molecule has 0 unspecified atom stereocenters. The quantitative estimate of drug-likeness (QED) is 0.132. The van der Waals surface area contributed by atoms with Gasteiger partial charge >= 0.3 is 5.97 Å². The molecule has 0 saturated carbocycles. The predicted molar refractivity (Wildman–Crippen MR) is 161 cm³/mol. The molecule has 6 rings (SSSR count). The zero-order valence-electron chi connectivity index (χ0n) is 24.6. The number of esters is 1. The van der Waals surface area contributed by atoms with Crippen molar-refractivity contribution < 1.29 is 32.2 Å². The highest BCUT2D eigenvalue weighted by Gasteiger charge is 2.39. The smallest absolute Gasteiger partial charge is 0.337 e. The minimum Gasteiger partial charge on any atom is -0.473 e. The number of halogens is 4. The summed E-state index contributed by atoms with van der Waals surface area (Å²) in [6.07, 6.45) is -0.0187. The molecule has 0 aliphatic carbocycles. The van der Waals surface area contributed by atoms with Crippen LogP contribution in [0, 0.1) is 23.0 Å². The zero-order chi connectivity index (χ0) is 31.9. The summed E-state index contributed by atoms with van der Waals surface area (Å²) in [6, 6.07) is 14.6. The van der Waals surface area contributed by atoms with Gasteiger partial charge in [0.2, 0.25) is 11.8 Å². The molecule has 12 heteroatoms. The first-order valence-corrected chi connectivity index (χ1v) is 14.5. The summed E-state index contributed by atoms with van der Waals surface area (Å²) < 4.78 is 63.6. The number of carbonyl (C=O) groups excluding carboxylic acids is 1. The number of aromatic nitrogens is 4. The van der Waals surface area contributed by atoms with E-state index >= 15 is 8.78 Å². The van der Waals surface area contributed by atoms with Crippen molar-refractivity contribution in [2.45, 2.75) is 32.9 Å². The van der Waals surface area contributed by atoms with Crippen LogP contribution in [-0.4, -0.2) is 45.8 Å². The van der Waals surface area contributed by atoms with E-state index in [1.54, 1.807) is 24.3 Å². The molecule has 5 aromatic rings. The van der Waals surface area contributed by atoms with Crippen LogP contribution in [0.2, 0.25) is 5.15 Å². The third-order valence-corrected chi connectivity index (χ3v) is 8.11. The molecule has 45 heavy (non-hydrogen) atoms. The maximum atomic E-state index is 15.7. The van der Waals surface area contributed by atoms with Crippen molar-refractivity contribution in [1.29, 1.82) is 0 Å². The molecular formula is C33H28ClF3N4O4. The van der Waals surface area contributed by atoms with Crippen molar-refractivity contribution in [3.8, 4) is 17.1 Å². The molecule has 1 aliphatic rings. The van der Waals surface area contributed by atoms with Crippen LogP contribution in [-0.2, 0) is 22.5 Å². The molecule has 1 atom stereocenters. The Hall–Kier alpha value is -4.48. The second kappa shape index (κ2) is 12.1. The minimum atomic E-state index is -0.774. The van der Waals surface area contributed by atoms with Gasteiger partial charge in [0.05, 0.1) is 48.7 Å². The van der Waals surface area contributed by atoms with Crippen LogP contribution in [0.15, 0.2) is 60.7 Å². The Labute approximate surface area is 261 Å². The van der Waals surface area contributed by atoms with Crippen LogP contribution in [0.1, 0.15) is 47.2 Å². The van der Waals surface area contributed by atoms with E-state index in [1.807, 2.05) is 4.57 Å².